The molecule has 0 fully saturated rings. The number of aromatic nitrogens is 4. The summed E-state index contributed by atoms with van der Waals surface area (Å²) in [6.45, 7) is 6.85. The van der Waals surface area contributed by atoms with Crippen molar-refractivity contribution in [2.24, 2.45) is 0 Å². The number of nitrogens with one attached hydrogen (secondary N) is 2. The summed E-state index contributed by atoms with van der Waals surface area (Å²) in [5.74, 6) is 0.597. The molecule has 0 spiro atoms. The molecule has 4 rings (SSSR count). The summed E-state index contributed by atoms with van der Waals surface area (Å²) in [6.07, 6.45) is 5.58. The SMILES string of the molecule is CCC(CC)Nc1nccc(-c2ccn(Cc3ccc4cc(C)[nH]c4c3)c(=O)c2)n1. The van der Waals surface area contributed by atoms with Crippen LogP contribution in [-0.4, -0.2) is 25.6 Å². The van der Waals surface area contributed by atoms with Crippen LogP contribution in [0, 0.1) is 6.92 Å². The van der Waals surface area contributed by atoms with Gasteiger partial charge in [-0.25, -0.2) is 9.97 Å². The minimum atomic E-state index is -0.0524. The highest BCUT2D eigenvalue weighted by atomic mass is 16.1. The van der Waals surface area contributed by atoms with Crippen LogP contribution in [0.1, 0.15) is 37.9 Å². The smallest absolute Gasteiger partial charge is 0.251 e. The van der Waals surface area contributed by atoms with Crippen molar-refractivity contribution in [2.75, 3.05) is 5.32 Å². The van der Waals surface area contributed by atoms with Gasteiger partial charge in [0.05, 0.1) is 12.2 Å². The molecule has 0 saturated carbocycles. The van der Waals surface area contributed by atoms with E-state index in [9.17, 15) is 4.79 Å². The number of nitrogens with zero attached hydrogens (tertiary/aromatic N) is 3. The summed E-state index contributed by atoms with van der Waals surface area (Å²) in [6, 6.07) is 14.1. The lowest BCUT2D eigenvalue weighted by Crippen LogP contribution is -2.20. The van der Waals surface area contributed by atoms with E-state index in [2.05, 4.69) is 58.4 Å². The van der Waals surface area contributed by atoms with E-state index >= 15 is 0 Å². The van der Waals surface area contributed by atoms with E-state index in [1.54, 1.807) is 16.8 Å². The summed E-state index contributed by atoms with van der Waals surface area (Å²) in [5, 5.41) is 4.54. The summed E-state index contributed by atoms with van der Waals surface area (Å²) >= 11 is 0. The number of H-pyrrole nitrogens is 1. The highest BCUT2D eigenvalue weighted by Gasteiger charge is 2.09. The van der Waals surface area contributed by atoms with E-state index in [4.69, 9.17) is 0 Å². The van der Waals surface area contributed by atoms with Gasteiger partial charge in [-0.2, -0.15) is 0 Å². The number of fused-ring (bicyclic) bond motifs is 1. The van der Waals surface area contributed by atoms with Crippen molar-refractivity contribution in [3.05, 3.63) is 76.5 Å². The van der Waals surface area contributed by atoms with Crippen molar-refractivity contribution < 1.29 is 0 Å². The molecule has 0 saturated heterocycles. The minimum absolute atomic E-state index is 0.0524. The molecular formula is C24H27N5O. The van der Waals surface area contributed by atoms with E-state index in [0.717, 1.165) is 40.9 Å². The molecule has 0 radical (unpaired) electrons. The highest BCUT2D eigenvalue weighted by Crippen LogP contribution is 2.19. The predicted octanol–water partition coefficient (Wildman–Crippen LogP) is 4.74. The molecule has 6 nitrogen and oxygen atoms in total. The van der Waals surface area contributed by atoms with Gasteiger partial charge in [0.25, 0.3) is 5.56 Å². The maximum absolute atomic E-state index is 12.7. The summed E-state index contributed by atoms with van der Waals surface area (Å²) in [5.41, 5.74) is 4.79. The lowest BCUT2D eigenvalue weighted by atomic mass is 10.1. The molecule has 0 bridgehead atoms. The Balaban J connectivity index is 1.56. The zero-order valence-corrected chi connectivity index (χ0v) is 17.6. The van der Waals surface area contributed by atoms with Crippen LogP contribution in [-0.2, 0) is 6.54 Å². The molecule has 0 atom stereocenters. The number of hydrogen-bond donors (Lipinski definition) is 2. The van der Waals surface area contributed by atoms with Gasteiger partial charge in [-0.1, -0.05) is 26.0 Å². The Labute approximate surface area is 176 Å². The van der Waals surface area contributed by atoms with Crippen molar-refractivity contribution in [3.8, 4) is 11.3 Å². The van der Waals surface area contributed by atoms with Crippen LogP contribution in [0.4, 0.5) is 5.95 Å². The molecule has 1 aromatic carbocycles. The molecule has 0 aliphatic carbocycles. The third-order valence-corrected chi connectivity index (χ3v) is 5.44. The van der Waals surface area contributed by atoms with Gasteiger partial charge in [0.1, 0.15) is 0 Å². The Morgan fingerprint density at radius 2 is 1.93 bits per heavy atom. The van der Waals surface area contributed by atoms with E-state index in [1.807, 2.05) is 25.3 Å². The monoisotopic (exact) mass is 401 g/mol. The Hall–Kier alpha value is -3.41. The third kappa shape index (κ3) is 4.27. The Morgan fingerprint density at radius 1 is 1.10 bits per heavy atom. The highest BCUT2D eigenvalue weighted by molar-refractivity contribution is 5.81. The van der Waals surface area contributed by atoms with Gasteiger partial charge in [-0.3, -0.25) is 4.79 Å². The van der Waals surface area contributed by atoms with E-state index in [1.165, 1.54) is 5.39 Å². The van der Waals surface area contributed by atoms with Gasteiger partial charge in [-0.05, 0) is 55.0 Å². The number of aryl methyl sites for hydroxylation is 1. The molecule has 154 valence electrons. The number of rotatable bonds is 7. The van der Waals surface area contributed by atoms with Crippen LogP contribution < -0.4 is 10.9 Å². The predicted molar refractivity (Wildman–Crippen MR) is 122 cm³/mol. The molecule has 2 N–H and O–H groups in total. The maximum Gasteiger partial charge on any atom is 0.251 e. The Kier molecular flexibility index (Phi) is 5.65. The lowest BCUT2D eigenvalue weighted by Gasteiger charge is -2.15. The van der Waals surface area contributed by atoms with Crippen LogP contribution in [0.3, 0.4) is 0 Å². The van der Waals surface area contributed by atoms with Gasteiger partial charge < -0.3 is 14.9 Å². The van der Waals surface area contributed by atoms with Gasteiger partial charge >= 0.3 is 0 Å². The number of hydrogen-bond acceptors (Lipinski definition) is 4. The van der Waals surface area contributed by atoms with Crippen molar-refractivity contribution in [2.45, 2.75) is 46.2 Å². The fourth-order valence-electron chi connectivity index (χ4n) is 3.68. The lowest BCUT2D eigenvalue weighted by molar-refractivity contribution is 0.665. The summed E-state index contributed by atoms with van der Waals surface area (Å²) < 4.78 is 1.71. The molecule has 0 amide bonds. The van der Waals surface area contributed by atoms with Crippen molar-refractivity contribution in [1.29, 1.82) is 0 Å². The van der Waals surface area contributed by atoms with E-state index in [0.29, 0.717) is 18.5 Å². The van der Waals surface area contributed by atoms with Crippen molar-refractivity contribution in [3.63, 3.8) is 0 Å². The molecule has 30 heavy (non-hydrogen) atoms. The first-order chi connectivity index (χ1) is 14.6. The summed E-state index contributed by atoms with van der Waals surface area (Å²) in [7, 11) is 0. The van der Waals surface area contributed by atoms with Crippen LogP contribution in [0.15, 0.2) is 59.7 Å². The van der Waals surface area contributed by atoms with Gasteiger partial charge in [0.2, 0.25) is 5.95 Å². The number of benzene rings is 1. The Bertz CT molecular complexity index is 1220. The van der Waals surface area contributed by atoms with Crippen LogP contribution in [0.2, 0.25) is 0 Å². The molecule has 3 heterocycles. The quantitative estimate of drug-likeness (QED) is 0.469. The zero-order valence-electron chi connectivity index (χ0n) is 17.6. The first-order valence-corrected chi connectivity index (χ1v) is 10.4. The molecule has 0 unspecified atom stereocenters. The molecule has 4 aromatic rings. The standard InChI is InChI=1S/C24H27N5O/c1-4-20(5-2)27-24-25-10-8-21(28-24)19-9-11-29(23(30)14-19)15-17-6-7-18-12-16(3)26-22(18)13-17/h6-14,20,26H,4-5,15H2,1-3H3,(H,25,27,28). The first kappa shape index (κ1) is 19.9. The number of aromatic amines is 1. The average molecular weight is 402 g/mol. The van der Waals surface area contributed by atoms with Crippen molar-refractivity contribution in [1.82, 2.24) is 19.5 Å². The maximum atomic E-state index is 12.7. The van der Waals surface area contributed by atoms with Gasteiger partial charge in [0.15, 0.2) is 0 Å². The van der Waals surface area contributed by atoms with E-state index in [-0.39, 0.29) is 5.56 Å². The average Bonchev–Trinajstić information content (AvgIpc) is 3.13. The minimum Gasteiger partial charge on any atom is -0.359 e. The molecule has 0 aliphatic heterocycles. The second kappa shape index (κ2) is 8.53. The molecule has 3 aromatic heterocycles. The number of anilines is 1. The largest absolute Gasteiger partial charge is 0.359 e. The van der Waals surface area contributed by atoms with Crippen LogP contribution >= 0.6 is 0 Å². The normalized spacial score (nSPS) is 11.3. The van der Waals surface area contributed by atoms with Gasteiger partial charge in [0, 0.05) is 41.3 Å². The molecule has 6 heteroatoms. The zero-order chi connectivity index (χ0) is 21.1. The van der Waals surface area contributed by atoms with E-state index < -0.39 is 0 Å². The topological polar surface area (TPSA) is 75.6 Å². The number of pyridine rings is 1. The fraction of sp³-hybridized carbons (Fsp3) is 0.292. The fourth-order valence-corrected chi connectivity index (χ4v) is 3.68. The second-order valence-corrected chi connectivity index (χ2v) is 7.68. The first-order valence-electron chi connectivity index (χ1n) is 10.4. The Morgan fingerprint density at radius 3 is 2.70 bits per heavy atom. The summed E-state index contributed by atoms with van der Waals surface area (Å²) in [4.78, 5) is 25.0. The molecular weight excluding hydrogens is 374 g/mol. The van der Waals surface area contributed by atoms with Crippen molar-refractivity contribution >= 4 is 16.9 Å². The van der Waals surface area contributed by atoms with Gasteiger partial charge in [-0.15, -0.1) is 0 Å². The second-order valence-electron chi connectivity index (χ2n) is 7.68. The molecule has 0 aliphatic rings. The van der Waals surface area contributed by atoms with Crippen LogP contribution in [0.5, 0.6) is 0 Å². The third-order valence-electron chi connectivity index (χ3n) is 5.44. The van der Waals surface area contributed by atoms with Crippen LogP contribution in [0.25, 0.3) is 22.2 Å².